The van der Waals surface area contributed by atoms with Crippen LogP contribution in [0.2, 0.25) is 5.15 Å². The van der Waals surface area contributed by atoms with Gasteiger partial charge in [-0.05, 0) is 11.6 Å². The molecular weight excluding hydrogens is 290 g/mol. The van der Waals surface area contributed by atoms with Crippen LogP contribution in [0, 0.1) is 10.1 Å². The molecule has 5 nitrogen and oxygen atoms in total. The molecule has 0 saturated carbocycles. The number of nitrogens with one attached hydrogen (secondary N) is 1. The van der Waals surface area contributed by atoms with Gasteiger partial charge in [-0.1, -0.05) is 55.8 Å². The van der Waals surface area contributed by atoms with Gasteiger partial charge in [0.15, 0.2) is 0 Å². The Morgan fingerprint density at radius 1 is 1.24 bits per heavy atom. The maximum absolute atomic E-state index is 11.0. The fourth-order valence-electron chi connectivity index (χ4n) is 2.00. The maximum atomic E-state index is 11.0. The van der Waals surface area contributed by atoms with Crippen molar-refractivity contribution in [3.05, 3.63) is 63.3 Å². The Kier molecular flexibility index (Phi) is 4.43. The van der Waals surface area contributed by atoms with Crippen LogP contribution < -0.4 is 5.32 Å². The Morgan fingerprint density at radius 2 is 1.90 bits per heavy atom. The summed E-state index contributed by atoms with van der Waals surface area (Å²) < 4.78 is 0. The third kappa shape index (κ3) is 3.70. The molecular formula is C15H16ClN3O2. The summed E-state index contributed by atoms with van der Waals surface area (Å²) in [7, 11) is 0. The molecule has 0 aliphatic carbocycles. The second kappa shape index (κ2) is 6.10. The van der Waals surface area contributed by atoms with Gasteiger partial charge < -0.3 is 5.32 Å². The summed E-state index contributed by atoms with van der Waals surface area (Å²) in [6.07, 6.45) is 0. The highest BCUT2D eigenvalue weighted by molar-refractivity contribution is 6.29. The summed E-state index contributed by atoms with van der Waals surface area (Å²) in [4.78, 5) is 14.5. The first-order chi connectivity index (χ1) is 9.90. The fourth-order valence-corrected chi connectivity index (χ4v) is 2.15. The molecule has 2 aromatic rings. The molecule has 0 unspecified atom stereocenters. The molecule has 110 valence electrons. The summed E-state index contributed by atoms with van der Waals surface area (Å²) in [5.41, 5.74) is 0.865. The molecule has 0 aliphatic rings. The number of hydrogen-bond donors (Lipinski definition) is 1. The van der Waals surface area contributed by atoms with Gasteiger partial charge in [0, 0.05) is 18.0 Å². The van der Waals surface area contributed by atoms with Crippen molar-refractivity contribution in [2.24, 2.45) is 0 Å². The van der Waals surface area contributed by atoms with E-state index in [1.165, 1.54) is 12.1 Å². The second-order valence-corrected chi connectivity index (χ2v) is 5.75. The molecule has 0 saturated heterocycles. The standard InChI is InChI=1S/C15H16ClN3O2/c1-15(2,11-6-4-3-5-7-11)10-17-14-12(19(20)21)8-9-13(16)18-14/h3-9H,10H2,1-2H3,(H,17,18). The third-order valence-electron chi connectivity index (χ3n) is 3.29. The van der Waals surface area contributed by atoms with Gasteiger partial charge in [-0.25, -0.2) is 4.98 Å². The minimum atomic E-state index is -0.471. The lowest BCUT2D eigenvalue weighted by Crippen LogP contribution is -2.28. The highest BCUT2D eigenvalue weighted by atomic mass is 35.5. The van der Waals surface area contributed by atoms with Crippen LogP contribution in [-0.4, -0.2) is 16.5 Å². The molecule has 1 aromatic heterocycles. The highest BCUT2D eigenvalue weighted by Gasteiger charge is 2.23. The number of nitrogens with zero attached hydrogens (tertiary/aromatic N) is 2. The number of pyridine rings is 1. The van der Waals surface area contributed by atoms with Crippen molar-refractivity contribution in [2.45, 2.75) is 19.3 Å². The van der Waals surface area contributed by atoms with E-state index >= 15 is 0 Å². The van der Waals surface area contributed by atoms with Gasteiger partial charge in [0.2, 0.25) is 5.82 Å². The second-order valence-electron chi connectivity index (χ2n) is 5.36. The topological polar surface area (TPSA) is 68.1 Å². The van der Waals surface area contributed by atoms with Crippen molar-refractivity contribution in [3.63, 3.8) is 0 Å². The van der Waals surface area contributed by atoms with Crippen molar-refractivity contribution in [2.75, 3.05) is 11.9 Å². The number of rotatable bonds is 5. The van der Waals surface area contributed by atoms with Crippen LogP contribution in [0.4, 0.5) is 11.5 Å². The lowest BCUT2D eigenvalue weighted by Gasteiger charge is -2.25. The normalized spacial score (nSPS) is 11.2. The molecule has 21 heavy (non-hydrogen) atoms. The van der Waals surface area contributed by atoms with E-state index in [4.69, 9.17) is 11.6 Å². The van der Waals surface area contributed by atoms with Gasteiger partial charge in [0.05, 0.1) is 4.92 Å². The third-order valence-corrected chi connectivity index (χ3v) is 3.50. The van der Waals surface area contributed by atoms with Gasteiger partial charge in [-0.3, -0.25) is 10.1 Å². The van der Waals surface area contributed by atoms with E-state index in [1.54, 1.807) is 0 Å². The lowest BCUT2D eigenvalue weighted by molar-refractivity contribution is -0.384. The molecule has 0 amide bonds. The quantitative estimate of drug-likeness (QED) is 0.514. The molecule has 0 fully saturated rings. The fraction of sp³-hybridized carbons (Fsp3) is 0.267. The van der Waals surface area contributed by atoms with Gasteiger partial charge >= 0.3 is 5.69 Å². The van der Waals surface area contributed by atoms with Crippen LogP contribution in [0.15, 0.2) is 42.5 Å². The van der Waals surface area contributed by atoms with Gasteiger partial charge in [-0.15, -0.1) is 0 Å². The Bertz CT molecular complexity index is 645. The summed E-state index contributed by atoms with van der Waals surface area (Å²) in [6.45, 7) is 4.63. The molecule has 0 atom stereocenters. The monoisotopic (exact) mass is 305 g/mol. The summed E-state index contributed by atoms with van der Waals surface area (Å²) >= 11 is 5.81. The van der Waals surface area contributed by atoms with Crippen LogP contribution in [0.1, 0.15) is 19.4 Å². The molecule has 0 spiro atoms. The first kappa shape index (κ1) is 15.3. The number of aromatic nitrogens is 1. The summed E-state index contributed by atoms with van der Waals surface area (Å²) in [5.74, 6) is 0.191. The van der Waals surface area contributed by atoms with Crippen molar-refractivity contribution in [1.29, 1.82) is 0 Å². The molecule has 2 rings (SSSR count). The summed E-state index contributed by atoms with van der Waals surface area (Å²) in [5, 5.41) is 14.3. The minimum absolute atomic E-state index is 0.0803. The van der Waals surface area contributed by atoms with E-state index in [0.29, 0.717) is 6.54 Å². The minimum Gasteiger partial charge on any atom is -0.363 e. The molecule has 0 aliphatic heterocycles. The van der Waals surface area contributed by atoms with Crippen LogP contribution in [-0.2, 0) is 5.41 Å². The number of halogens is 1. The zero-order valence-electron chi connectivity index (χ0n) is 11.8. The SMILES string of the molecule is CC(C)(CNc1nc(Cl)ccc1[N+](=O)[O-])c1ccccc1. The average molecular weight is 306 g/mol. The largest absolute Gasteiger partial charge is 0.363 e. The zero-order valence-corrected chi connectivity index (χ0v) is 12.6. The van der Waals surface area contributed by atoms with Gasteiger partial charge in [-0.2, -0.15) is 0 Å². The van der Waals surface area contributed by atoms with Crippen molar-refractivity contribution in [3.8, 4) is 0 Å². The predicted octanol–water partition coefficient (Wildman–Crippen LogP) is 4.03. The first-order valence-electron chi connectivity index (χ1n) is 6.50. The van der Waals surface area contributed by atoms with Crippen LogP contribution in [0.3, 0.4) is 0 Å². The molecule has 1 aromatic carbocycles. The van der Waals surface area contributed by atoms with E-state index in [0.717, 1.165) is 5.56 Å². The first-order valence-corrected chi connectivity index (χ1v) is 6.88. The number of anilines is 1. The highest BCUT2D eigenvalue weighted by Crippen LogP contribution is 2.27. The molecule has 6 heteroatoms. The van der Waals surface area contributed by atoms with E-state index in [1.807, 2.05) is 30.3 Å². The molecule has 1 N–H and O–H groups in total. The van der Waals surface area contributed by atoms with E-state index in [-0.39, 0.29) is 22.1 Å². The smallest absolute Gasteiger partial charge is 0.311 e. The van der Waals surface area contributed by atoms with Crippen LogP contribution in [0.5, 0.6) is 0 Å². The maximum Gasteiger partial charge on any atom is 0.311 e. The number of hydrogen-bond acceptors (Lipinski definition) is 4. The Labute approximate surface area is 128 Å². The Hall–Kier alpha value is -2.14. The van der Waals surface area contributed by atoms with Crippen molar-refractivity contribution >= 4 is 23.1 Å². The van der Waals surface area contributed by atoms with Gasteiger partial charge in [0.25, 0.3) is 0 Å². The van der Waals surface area contributed by atoms with E-state index in [2.05, 4.69) is 24.1 Å². The predicted molar refractivity (Wildman–Crippen MR) is 83.9 cm³/mol. The molecule has 0 radical (unpaired) electrons. The lowest BCUT2D eigenvalue weighted by atomic mass is 9.84. The molecule has 1 heterocycles. The van der Waals surface area contributed by atoms with Gasteiger partial charge in [0.1, 0.15) is 5.15 Å². The van der Waals surface area contributed by atoms with Crippen molar-refractivity contribution < 1.29 is 4.92 Å². The van der Waals surface area contributed by atoms with E-state index in [9.17, 15) is 10.1 Å². The van der Waals surface area contributed by atoms with Crippen LogP contribution in [0.25, 0.3) is 0 Å². The number of benzene rings is 1. The Balaban J connectivity index is 2.20. The van der Waals surface area contributed by atoms with Crippen LogP contribution >= 0.6 is 11.6 Å². The number of nitro groups is 1. The average Bonchev–Trinajstić information content (AvgIpc) is 2.46. The van der Waals surface area contributed by atoms with Crippen molar-refractivity contribution in [1.82, 2.24) is 4.98 Å². The summed E-state index contributed by atoms with van der Waals surface area (Å²) in [6, 6.07) is 12.7. The zero-order chi connectivity index (χ0) is 15.5. The molecule has 0 bridgehead atoms. The van der Waals surface area contributed by atoms with E-state index < -0.39 is 4.92 Å². The Morgan fingerprint density at radius 3 is 2.52 bits per heavy atom.